The zero-order valence-electron chi connectivity index (χ0n) is 15.5. The van der Waals surface area contributed by atoms with E-state index in [4.69, 9.17) is 11.5 Å². The monoisotopic (exact) mass is 437 g/mol. The third-order valence-electron chi connectivity index (χ3n) is 3.51. The number of thiol groups is 1. The van der Waals surface area contributed by atoms with E-state index in [0.29, 0.717) is 5.75 Å². The molecule has 0 spiro atoms. The smallest absolute Gasteiger partial charge is 0.326 e. The molecule has 0 fully saturated rings. The minimum absolute atomic E-state index is 0.0870. The fourth-order valence-electron chi connectivity index (χ4n) is 1.95. The average molecular weight is 438 g/mol. The highest BCUT2D eigenvalue weighted by Gasteiger charge is 2.26. The molecule has 0 aliphatic carbocycles. The summed E-state index contributed by atoms with van der Waals surface area (Å²) < 4.78 is 0. The van der Waals surface area contributed by atoms with Crippen LogP contribution >= 0.6 is 24.4 Å². The van der Waals surface area contributed by atoms with Gasteiger partial charge in [-0.3, -0.25) is 19.2 Å². The van der Waals surface area contributed by atoms with Crippen LogP contribution in [-0.4, -0.2) is 77.1 Å². The Morgan fingerprint density at radius 3 is 2.21 bits per heavy atom. The number of carboxylic acids is 1. The molecule has 0 aromatic heterocycles. The van der Waals surface area contributed by atoms with E-state index < -0.39 is 54.3 Å². The molecule has 3 unspecified atom stereocenters. The van der Waals surface area contributed by atoms with Crippen molar-refractivity contribution >= 4 is 54.0 Å². The van der Waals surface area contributed by atoms with Crippen molar-refractivity contribution in [3.05, 3.63) is 0 Å². The van der Waals surface area contributed by atoms with Crippen LogP contribution in [0.15, 0.2) is 0 Å². The van der Waals surface area contributed by atoms with Gasteiger partial charge in [0, 0.05) is 12.2 Å². The minimum Gasteiger partial charge on any atom is -0.480 e. The molecule has 0 rings (SSSR count). The van der Waals surface area contributed by atoms with Gasteiger partial charge in [-0.25, -0.2) is 4.79 Å². The van der Waals surface area contributed by atoms with Crippen molar-refractivity contribution in [2.75, 3.05) is 24.3 Å². The van der Waals surface area contributed by atoms with E-state index in [-0.39, 0.29) is 25.0 Å². The highest BCUT2D eigenvalue weighted by molar-refractivity contribution is 7.98. The van der Waals surface area contributed by atoms with Gasteiger partial charge >= 0.3 is 5.97 Å². The number of rotatable bonds is 14. The van der Waals surface area contributed by atoms with E-state index >= 15 is 0 Å². The third-order valence-corrected chi connectivity index (χ3v) is 4.55. The fourth-order valence-corrected chi connectivity index (χ4v) is 2.58. The summed E-state index contributed by atoms with van der Waals surface area (Å²) >= 11 is 5.29. The molecule has 0 aliphatic rings. The van der Waals surface area contributed by atoms with Crippen molar-refractivity contribution in [1.82, 2.24) is 16.0 Å². The number of primary amides is 1. The Hall–Kier alpha value is -1.99. The van der Waals surface area contributed by atoms with Crippen LogP contribution in [0.5, 0.6) is 0 Å². The summed E-state index contributed by atoms with van der Waals surface area (Å²) in [5.74, 6) is -3.36. The Morgan fingerprint density at radius 2 is 1.71 bits per heavy atom. The van der Waals surface area contributed by atoms with Gasteiger partial charge in [-0.05, 0) is 24.9 Å². The van der Waals surface area contributed by atoms with Crippen molar-refractivity contribution in [3.63, 3.8) is 0 Å². The molecule has 0 aliphatic heterocycles. The first-order valence-corrected chi connectivity index (χ1v) is 10.4. The molecule has 28 heavy (non-hydrogen) atoms. The van der Waals surface area contributed by atoms with E-state index in [2.05, 4.69) is 28.6 Å². The van der Waals surface area contributed by atoms with Crippen molar-refractivity contribution in [3.8, 4) is 0 Å². The number of nitrogens with one attached hydrogen (secondary N) is 3. The van der Waals surface area contributed by atoms with Gasteiger partial charge in [0.25, 0.3) is 0 Å². The maximum absolute atomic E-state index is 12.4. The summed E-state index contributed by atoms with van der Waals surface area (Å²) in [6.07, 6.45) is 1.67. The molecule has 0 aromatic carbocycles. The Bertz CT molecular complexity index is 577. The van der Waals surface area contributed by atoms with E-state index in [1.165, 1.54) is 11.8 Å². The van der Waals surface area contributed by atoms with Gasteiger partial charge in [0.2, 0.25) is 23.6 Å². The predicted molar refractivity (Wildman–Crippen MR) is 108 cm³/mol. The van der Waals surface area contributed by atoms with Crippen LogP contribution < -0.4 is 27.4 Å². The highest BCUT2D eigenvalue weighted by atomic mass is 32.2. The number of hydrogen-bond donors (Lipinski definition) is 7. The van der Waals surface area contributed by atoms with Gasteiger partial charge in [0.05, 0.1) is 12.6 Å². The van der Waals surface area contributed by atoms with Crippen LogP contribution in [0.4, 0.5) is 0 Å². The second-order valence-electron chi connectivity index (χ2n) is 5.81. The number of carbonyl (C=O) groups is 5. The van der Waals surface area contributed by atoms with Crippen molar-refractivity contribution in [2.24, 2.45) is 11.5 Å². The Balaban J connectivity index is 4.92. The number of carboxylic acid groups (broad SMARTS) is 1. The molecular weight excluding hydrogens is 410 g/mol. The molecule has 8 N–H and O–H groups in total. The number of aliphatic carboxylic acids is 1. The summed E-state index contributed by atoms with van der Waals surface area (Å²) in [6, 6.07) is -3.22. The molecule has 13 heteroatoms. The number of nitrogens with two attached hydrogens (primary N) is 2. The van der Waals surface area contributed by atoms with Gasteiger partial charge < -0.3 is 32.5 Å². The first-order valence-electron chi connectivity index (χ1n) is 8.36. The SMILES string of the molecule is CSCCC(NC(=O)C(CCC(N)=O)NC(=O)CNC(=O)C(N)CS)C(=O)O. The third kappa shape index (κ3) is 11.0. The van der Waals surface area contributed by atoms with Gasteiger partial charge in [0.1, 0.15) is 12.1 Å². The van der Waals surface area contributed by atoms with Crippen molar-refractivity contribution in [1.29, 1.82) is 0 Å². The Labute approximate surface area is 172 Å². The molecule has 0 bridgehead atoms. The van der Waals surface area contributed by atoms with E-state index in [1.54, 1.807) is 6.26 Å². The fraction of sp³-hybridized carbons (Fsp3) is 0.667. The maximum atomic E-state index is 12.4. The van der Waals surface area contributed by atoms with Gasteiger partial charge in [0.15, 0.2) is 0 Å². The number of carbonyl (C=O) groups excluding carboxylic acids is 4. The molecule has 0 radical (unpaired) electrons. The zero-order valence-corrected chi connectivity index (χ0v) is 17.2. The number of thioether (sulfide) groups is 1. The standard InChI is InChI=1S/C15H27N5O6S2/c1-28-5-4-10(15(25)26)20-14(24)9(2-3-11(17)21)19-12(22)6-18-13(23)8(16)7-27/h8-10,27H,2-7,16H2,1H3,(H2,17,21)(H,18,23)(H,19,22)(H,20,24)(H,25,26). The van der Waals surface area contributed by atoms with Crippen LogP contribution in [-0.2, 0) is 24.0 Å². The van der Waals surface area contributed by atoms with Gasteiger partial charge in [-0.2, -0.15) is 24.4 Å². The first-order chi connectivity index (χ1) is 13.1. The molecule has 0 saturated carbocycles. The molecule has 0 saturated heterocycles. The molecule has 11 nitrogen and oxygen atoms in total. The quantitative estimate of drug-likeness (QED) is 0.144. The lowest BCUT2D eigenvalue weighted by molar-refractivity contribution is -0.142. The van der Waals surface area contributed by atoms with Crippen molar-refractivity contribution in [2.45, 2.75) is 37.4 Å². The molecule has 0 aromatic rings. The van der Waals surface area contributed by atoms with Crippen LogP contribution in [0, 0.1) is 0 Å². The second-order valence-corrected chi connectivity index (χ2v) is 7.16. The zero-order chi connectivity index (χ0) is 21.7. The molecule has 3 atom stereocenters. The summed E-state index contributed by atoms with van der Waals surface area (Å²) in [7, 11) is 0. The maximum Gasteiger partial charge on any atom is 0.326 e. The normalized spacial score (nSPS) is 13.7. The van der Waals surface area contributed by atoms with Crippen LogP contribution in [0.2, 0.25) is 0 Å². The number of hydrogen-bond acceptors (Lipinski definition) is 8. The topological polar surface area (TPSA) is 194 Å². The highest BCUT2D eigenvalue weighted by Crippen LogP contribution is 2.04. The molecule has 0 heterocycles. The minimum atomic E-state index is -1.21. The summed E-state index contributed by atoms with van der Waals surface area (Å²) in [5, 5.41) is 16.2. The lowest BCUT2D eigenvalue weighted by atomic mass is 10.1. The lowest BCUT2D eigenvalue weighted by Crippen LogP contribution is -2.54. The van der Waals surface area contributed by atoms with Crippen molar-refractivity contribution < 1.29 is 29.1 Å². The molecular formula is C15H27N5O6S2. The van der Waals surface area contributed by atoms with Gasteiger partial charge in [-0.15, -0.1) is 0 Å². The summed E-state index contributed by atoms with van der Waals surface area (Å²) in [5.41, 5.74) is 10.5. The Morgan fingerprint density at radius 1 is 1.07 bits per heavy atom. The van der Waals surface area contributed by atoms with E-state index in [9.17, 15) is 29.1 Å². The summed E-state index contributed by atoms with van der Waals surface area (Å²) in [4.78, 5) is 58.2. The number of amides is 4. The van der Waals surface area contributed by atoms with E-state index in [1.807, 2.05) is 0 Å². The summed E-state index contributed by atoms with van der Waals surface area (Å²) in [6.45, 7) is -0.449. The second kappa shape index (κ2) is 14.1. The molecule has 4 amide bonds. The van der Waals surface area contributed by atoms with Crippen LogP contribution in [0.3, 0.4) is 0 Å². The van der Waals surface area contributed by atoms with Crippen LogP contribution in [0.25, 0.3) is 0 Å². The predicted octanol–water partition coefficient (Wildman–Crippen LogP) is -2.57. The van der Waals surface area contributed by atoms with E-state index in [0.717, 1.165) is 0 Å². The first kappa shape index (κ1) is 26.0. The van der Waals surface area contributed by atoms with Gasteiger partial charge in [-0.1, -0.05) is 0 Å². The Kier molecular flexibility index (Phi) is 13.1. The molecule has 160 valence electrons. The van der Waals surface area contributed by atoms with Crippen LogP contribution in [0.1, 0.15) is 19.3 Å². The average Bonchev–Trinajstić information content (AvgIpc) is 2.64. The lowest BCUT2D eigenvalue weighted by Gasteiger charge is -2.21. The largest absolute Gasteiger partial charge is 0.480 e.